The van der Waals surface area contributed by atoms with Gasteiger partial charge in [-0.3, -0.25) is 19.8 Å². The van der Waals surface area contributed by atoms with Crippen LogP contribution in [0.4, 0.5) is 0 Å². The third kappa shape index (κ3) is 12.1. The molecule has 0 radical (unpaired) electrons. The monoisotopic (exact) mass is 519 g/mol. The van der Waals surface area contributed by atoms with E-state index in [2.05, 4.69) is 27.8 Å². The van der Waals surface area contributed by atoms with Crippen molar-refractivity contribution in [2.45, 2.75) is 63.2 Å². The number of benzene rings is 1. The molecule has 1 aromatic carbocycles. The molecule has 0 saturated carbocycles. The first-order chi connectivity index (χ1) is 17.4. The predicted molar refractivity (Wildman–Crippen MR) is 142 cm³/mol. The molecule has 206 valence electrons. The van der Waals surface area contributed by atoms with E-state index in [-0.39, 0.29) is 18.1 Å². The molecular formula is C24H41N9O4. The highest BCUT2D eigenvalue weighted by Gasteiger charge is 2.25. The van der Waals surface area contributed by atoms with E-state index in [1.165, 1.54) is 19.1 Å². The Bertz CT molecular complexity index is 923. The summed E-state index contributed by atoms with van der Waals surface area (Å²) in [6, 6.07) is 3.28. The Labute approximate surface area is 217 Å². The van der Waals surface area contributed by atoms with Crippen LogP contribution in [0.25, 0.3) is 0 Å². The summed E-state index contributed by atoms with van der Waals surface area (Å²) in [4.78, 5) is 37.3. The van der Waals surface area contributed by atoms with Crippen molar-refractivity contribution in [2.75, 3.05) is 13.1 Å². The number of carbonyl (C=O) groups is 3. The molecular weight excluding hydrogens is 478 g/mol. The maximum absolute atomic E-state index is 12.8. The van der Waals surface area contributed by atoms with Gasteiger partial charge in [-0.1, -0.05) is 18.7 Å². The molecule has 0 aliphatic heterocycles. The number of nitrogens with two attached hydrogens (primary N) is 4. The number of hydrogen-bond donors (Lipinski definition) is 10. The number of amides is 3. The van der Waals surface area contributed by atoms with Gasteiger partial charge >= 0.3 is 0 Å². The molecule has 0 aliphatic carbocycles. The highest BCUT2D eigenvalue weighted by atomic mass is 16.3. The lowest BCUT2D eigenvalue weighted by atomic mass is 10.0. The largest absolute Gasteiger partial charge is 0.508 e. The van der Waals surface area contributed by atoms with E-state index < -0.39 is 41.9 Å². The molecule has 13 nitrogen and oxygen atoms in total. The number of rotatable bonds is 17. The van der Waals surface area contributed by atoms with E-state index in [9.17, 15) is 19.5 Å². The van der Waals surface area contributed by atoms with Crippen molar-refractivity contribution >= 4 is 23.7 Å². The average Bonchev–Trinajstić information content (AvgIpc) is 2.84. The first-order valence-corrected chi connectivity index (χ1v) is 12.1. The summed E-state index contributed by atoms with van der Waals surface area (Å²) < 4.78 is 0. The molecule has 0 aromatic heterocycles. The van der Waals surface area contributed by atoms with Gasteiger partial charge in [-0.05, 0) is 56.8 Å². The highest BCUT2D eigenvalue weighted by Crippen LogP contribution is 2.13. The van der Waals surface area contributed by atoms with Crippen LogP contribution in [0.5, 0.6) is 5.75 Å². The van der Waals surface area contributed by atoms with Crippen LogP contribution in [0.15, 0.2) is 36.5 Å². The lowest BCUT2D eigenvalue weighted by Gasteiger charge is -2.27. The number of primary amides is 1. The second-order valence-electron chi connectivity index (χ2n) is 8.81. The Kier molecular flexibility index (Phi) is 13.5. The van der Waals surface area contributed by atoms with Crippen molar-refractivity contribution in [3.8, 4) is 5.75 Å². The fourth-order valence-corrected chi connectivity index (χ4v) is 3.43. The molecule has 4 atom stereocenters. The standard InChI is InChI=1S/C24H41N9O4/c1-14(31-20(21(27)35)13-16-7-9-17(34)10-8-16)19(6-3-11-25)33-22(36)15(2)32-23(37)18(26)5-4-12-30-24(28)29/h7-10,15,18-20,31,34H,1,3-6,11-13,25-26H2,2H3,(H2,27,35)(H,32,37)(H,33,36)(H4,28,29,30)/t15-,18-,19-,20-/m0/s1. The Balaban J connectivity index is 2.73. The first-order valence-electron chi connectivity index (χ1n) is 12.1. The van der Waals surface area contributed by atoms with Gasteiger partial charge in [0.25, 0.3) is 0 Å². The number of phenols is 1. The van der Waals surface area contributed by atoms with Crippen LogP contribution in [-0.4, -0.2) is 66.0 Å². The number of carbonyl (C=O) groups excluding carboxylic acids is 3. The minimum absolute atomic E-state index is 0.105. The fourth-order valence-electron chi connectivity index (χ4n) is 3.43. The number of phenolic OH excluding ortho intramolecular Hbond substituents is 1. The SMILES string of the molecule is C=C(N[C@@H](Cc1ccc(O)cc1)C(N)=O)[C@H](CCCN)NC(=O)[C@H](C)NC(=O)[C@@H](N)CCCNC(=N)N. The molecule has 0 spiro atoms. The smallest absolute Gasteiger partial charge is 0.242 e. The second-order valence-corrected chi connectivity index (χ2v) is 8.81. The minimum atomic E-state index is -0.883. The van der Waals surface area contributed by atoms with Crippen molar-refractivity contribution in [3.05, 3.63) is 42.1 Å². The van der Waals surface area contributed by atoms with Gasteiger partial charge in [0.1, 0.15) is 17.8 Å². The van der Waals surface area contributed by atoms with Crippen LogP contribution in [-0.2, 0) is 20.8 Å². The number of guanidine groups is 1. The molecule has 0 unspecified atom stereocenters. The summed E-state index contributed by atoms with van der Waals surface area (Å²) >= 11 is 0. The van der Waals surface area contributed by atoms with Gasteiger partial charge < -0.3 is 49.3 Å². The lowest BCUT2D eigenvalue weighted by Crippen LogP contribution is -2.54. The summed E-state index contributed by atoms with van der Waals surface area (Å²) in [7, 11) is 0. The van der Waals surface area contributed by atoms with Gasteiger partial charge in [0, 0.05) is 18.7 Å². The first kappa shape index (κ1) is 31.2. The Hall–Kier alpha value is -3.84. The third-order valence-corrected chi connectivity index (χ3v) is 5.61. The second kappa shape index (κ2) is 16.0. The zero-order valence-corrected chi connectivity index (χ0v) is 21.3. The van der Waals surface area contributed by atoms with E-state index in [1.807, 2.05) is 0 Å². The van der Waals surface area contributed by atoms with Gasteiger partial charge in [-0.25, -0.2) is 0 Å². The van der Waals surface area contributed by atoms with Crippen molar-refractivity contribution in [1.82, 2.24) is 21.3 Å². The van der Waals surface area contributed by atoms with Crippen molar-refractivity contribution in [3.63, 3.8) is 0 Å². The maximum atomic E-state index is 12.8. The van der Waals surface area contributed by atoms with Gasteiger partial charge in [-0.15, -0.1) is 0 Å². The minimum Gasteiger partial charge on any atom is -0.508 e. The molecule has 0 aliphatic rings. The van der Waals surface area contributed by atoms with Crippen molar-refractivity contribution in [1.29, 1.82) is 5.41 Å². The van der Waals surface area contributed by atoms with E-state index in [1.54, 1.807) is 12.1 Å². The molecule has 0 saturated heterocycles. The average molecular weight is 520 g/mol. The lowest BCUT2D eigenvalue weighted by molar-refractivity contribution is -0.129. The molecule has 13 heteroatoms. The van der Waals surface area contributed by atoms with Crippen LogP contribution in [0.1, 0.15) is 38.2 Å². The van der Waals surface area contributed by atoms with Crippen LogP contribution < -0.4 is 44.2 Å². The Morgan fingerprint density at radius 3 is 2.22 bits per heavy atom. The molecule has 14 N–H and O–H groups in total. The summed E-state index contributed by atoms with van der Waals surface area (Å²) in [5.74, 6) is -1.60. The summed E-state index contributed by atoms with van der Waals surface area (Å²) in [6.45, 7) is 6.31. The van der Waals surface area contributed by atoms with E-state index in [0.29, 0.717) is 44.5 Å². The highest BCUT2D eigenvalue weighted by molar-refractivity contribution is 5.89. The normalized spacial score (nSPS) is 13.9. The number of nitrogens with one attached hydrogen (secondary N) is 5. The summed E-state index contributed by atoms with van der Waals surface area (Å²) in [5, 5.41) is 27.6. The van der Waals surface area contributed by atoms with Crippen LogP contribution in [0.3, 0.4) is 0 Å². The van der Waals surface area contributed by atoms with Crippen LogP contribution in [0.2, 0.25) is 0 Å². The van der Waals surface area contributed by atoms with E-state index in [4.69, 9.17) is 28.3 Å². The Morgan fingerprint density at radius 2 is 1.65 bits per heavy atom. The molecule has 3 amide bonds. The van der Waals surface area contributed by atoms with Gasteiger partial charge in [0.15, 0.2) is 5.96 Å². The number of aromatic hydroxyl groups is 1. The van der Waals surface area contributed by atoms with Crippen LogP contribution >= 0.6 is 0 Å². The van der Waals surface area contributed by atoms with E-state index >= 15 is 0 Å². The molecule has 1 aromatic rings. The molecule has 37 heavy (non-hydrogen) atoms. The summed E-state index contributed by atoms with van der Waals surface area (Å²) in [5.41, 5.74) is 23.5. The summed E-state index contributed by atoms with van der Waals surface area (Å²) in [6.07, 6.45) is 2.13. The molecule has 1 rings (SSSR count). The topological polar surface area (TPSA) is 247 Å². The van der Waals surface area contributed by atoms with Crippen molar-refractivity contribution < 1.29 is 19.5 Å². The predicted octanol–water partition coefficient (Wildman–Crippen LogP) is -1.79. The zero-order valence-electron chi connectivity index (χ0n) is 21.3. The van der Waals surface area contributed by atoms with Gasteiger partial charge in [0.05, 0.1) is 12.1 Å². The van der Waals surface area contributed by atoms with Crippen molar-refractivity contribution in [2.24, 2.45) is 22.9 Å². The third-order valence-electron chi connectivity index (χ3n) is 5.61. The maximum Gasteiger partial charge on any atom is 0.242 e. The molecule has 0 heterocycles. The van der Waals surface area contributed by atoms with Gasteiger partial charge in [-0.2, -0.15) is 0 Å². The van der Waals surface area contributed by atoms with Gasteiger partial charge in [0.2, 0.25) is 17.7 Å². The molecule has 0 bridgehead atoms. The van der Waals surface area contributed by atoms with Crippen LogP contribution in [0, 0.1) is 5.41 Å². The molecule has 0 fully saturated rings. The quantitative estimate of drug-likeness (QED) is 0.0633. The zero-order chi connectivity index (χ0) is 28.0. The number of hydrogen-bond acceptors (Lipinski definition) is 8. The van der Waals surface area contributed by atoms with E-state index in [0.717, 1.165) is 5.56 Å². The fraction of sp³-hybridized carbons (Fsp3) is 0.500. The Morgan fingerprint density at radius 1 is 1.00 bits per heavy atom.